The number of aliphatic carboxylic acids is 1. The van der Waals surface area contributed by atoms with Gasteiger partial charge in [-0.25, -0.2) is 14.6 Å². The fourth-order valence-electron chi connectivity index (χ4n) is 4.04. The molecule has 2 aromatic carbocycles. The number of carboxylic acid groups (broad SMARTS) is 1. The van der Waals surface area contributed by atoms with Crippen LogP contribution < -0.4 is 10.6 Å². The molecule has 0 saturated carbocycles. The van der Waals surface area contributed by atoms with E-state index >= 15 is 0 Å². The van der Waals surface area contributed by atoms with E-state index in [0.29, 0.717) is 18.0 Å². The van der Waals surface area contributed by atoms with Crippen LogP contribution in [0, 0.1) is 0 Å². The van der Waals surface area contributed by atoms with Crippen LogP contribution in [0.2, 0.25) is 0 Å². The van der Waals surface area contributed by atoms with Gasteiger partial charge in [-0.15, -0.1) is 11.3 Å². The van der Waals surface area contributed by atoms with Crippen LogP contribution in [0.15, 0.2) is 54.7 Å². The Balaban J connectivity index is 1.29. The Bertz CT molecular complexity index is 1160. The zero-order valence-electron chi connectivity index (χ0n) is 18.6. The van der Waals surface area contributed by atoms with Crippen molar-refractivity contribution in [2.24, 2.45) is 0 Å². The lowest BCUT2D eigenvalue weighted by Crippen LogP contribution is -2.40. The molecule has 2 amide bonds. The number of carboxylic acids is 1. The second-order valence-electron chi connectivity index (χ2n) is 7.95. The van der Waals surface area contributed by atoms with E-state index in [9.17, 15) is 14.4 Å². The molecule has 34 heavy (non-hydrogen) atoms. The number of nitrogens with one attached hydrogen (secondary N) is 2. The van der Waals surface area contributed by atoms with E-state index in [2.05, 4.69) is 39.9 Å². The molecule has 1 aliphatic rings. The lowest BCUT2D eigenvalue weighted by molar-refractivity contribution is -0.141. The largest absolute Gasteiger partial charge is 0.480 e. The van der Waals surface area contributed by atoms with Crippen LogP contribution in [0.5, 0.6) is 0 Å². The van der Waals surface area contributed by atoms with Crippen LogP contribution in [0.1, 0.15) is 41.7 Å². The number of rotatable bonds is 9. The molecule has 0 aliphatic heterocycles. The summed E-state index contributed by atoms with van der Waals surface area (Å²) in [7, 11) is 0. The minimum absolute atomic E-state index is 0.0266. The second-order valence-corrected chi connectivity index (χ2v) is 9.06. The molecule has 1 heterocycles. The maximum Gasteiger partial charge on any atom is 0.413 e. The molecule has 0 bridgehead atoms. The van der Waals surface area contributed by atoms with Gasteiger partial charge >= 0.3 is 12.1 Å². The highest BCUT2D eigenvalue weighted by Crippen LogP contribution is 2.44. The molecule has 1 aliphatic carbocycles. The normalized spacial score (nSPS) is 13.0. The van der Waals surface area contributed by atoms with Crippen molar-refractivity contribution >= 4 is 34.4 Å². The van der Waals surface area contributed by atoms with Gasteiger partial charge in [-0.1, -0.05) is 55.5 Å². The van der Waals surface area contributed by atoms with Crippen molar-refractivity contribution in [3.05, 3.63) is 70.7 Å². The average molecular weight is 480 g/mol. The van der Waals surface area contributed by atoms with Crippen LogP contribution in [0.25, 0.3) is 11.1 Å². The summed E-state index contributed by atoms with van der Waals surface area (Å²) in [6.45, 7) is 1.91. The van der Waals surface area contributed by atoms with Gasteiger partial charge in [0.15, 0.2) is 5.13 Å². The molecule has 8 nitrogen and oxygen atoms in total. The SMILES string of the molecule is CCC(NC(=O)CCc1cnc(NC(=O)OCC2c3ccccc3-c3ccccc32)s1)C(=O)O. The number of thiazole rings is 1. The fraction of sp³-hybridized carbons (Fsp3) is 0.280. The predicted molar refractivity (Wildman–Crippen MR) is 129 cm³/mol. The minimum Gasteiger partial charge on any atom is -0.480 e. The quantitative estimate of drug-likeness (QED) is 0.418. The number of hydrogen-bond donors (Lipinski definition) is 3. The van der Waals surface area contributed by atoms with Crippen molar-refractivity contribution in [3.8, 4) is 11.1 Å². The fourth-order valence-corrected chi connectivity index (χ4v) is 4.84. The highest BCUT2D eigenvalue weighted by atomic mass is 32.1. The van der Waals surface area contributed by atoms with Gasteiger partial charge in [-0.2, -0.15) is 0 Å². The monoisotopic (exact) mass is 479 g/mol. The van der Waals surface area contributed by atoms with E-state index in [1.54, 1.807) is 13.1 Å². The first-order valence-electron chi connectivity index (χ1n) is 11.0. The molecule has 1 atom stereocenters. The zero-order chi connectivity index (χ0) is 24.1. The maximum absolute atomic E-state index is 12.4. The summed E-state index contributed by atoms with van der Waals surface area (Å²) in [5.74, 6) is -1.42. The molecule has 4 rings (SSSR count). The van der Waals surface area contributed by atoms with Gasteiger partial charge in [-0.05, 0) is 35.1 Å². The first-order valence-corrected chi connectivity index (χ1v) is 11.9. The lowest BCUT2D eigenvalue weighted by atomic mass is 9.98. The Kier molecular flexibility index (Phi) is 7.22. The molecular weight excluding hydrogens is 454 g/mol. The molecule has 1 aromatic heterocycles. The molecule has 0 spiro atoms. The number of aryl methyl sites for hydroxylation is 1. The van der Waals surface area contributed by atoms with Crippen molar-refractivity contribution in [1.29, 1.82) is 0 Å². The average Bonchev–Trinajstić information content (AvgIpc) is 3.41. The standard InChI is InChI=1S/C25H25N3O5S/c1-2-21(23(30)31)27-22(29)12-11-15-13-26-24(34-15)28-25(32)33-14-20-18-9-5-3-7-16(18)17-8-4-6-10-19(17)20/h3-10,13,20-21H,2,11-12,14H2,1H3,(H,27,29)(H,30,31)(H,26,28,32). The van der Waals surface area contributed by atoms with Crippen molar-refractivity contribution in [2.45, 2.75) is 38.1 Å². The first-order chi connectivity index (χ1) is 16.5. The third kappa shape index (κ3) is 5.26. The second kappa shape index (κ2) is 10.5. The third-order valence-corrected chi connectivity index (χ3v) is 6.72. The van der Waals surface area contributed by atoms with Crippen molar-refractivity contribution in [2.75, 3.05) is 11.9 Å². The number of ether oxygens (including phenoxy) is 1. The Hall–Kier alpha value is -3.72. The number of carbonyl (C=O) groups is 3. The van der Waals surface area contributed by atoms with Gasteiger partial charge in [0.05, 0.1) is 0 Å². The molecular formula is C25H25N3O5S. The summed E-state index contributed by atoms with van der Waals surface area (Å²) in [6, 6.07) is 15.4. The molecule has 3 N–H and O–H groups in total. The summed E-state index contributed by atoms with van der Waals surface area (Å²) in [6.07, 6.45) is 1.84. The van der Waals surface area contributed by atoms with E-state index in [1.807, 2.05) is 24.3 Å². The van der Waals surface area contributed by atoms with Gasteiger partial charge in [0.2, 0.25) is 5.91 Å². The van der Waals surface area contributed by atoms with Gasteiger partial charge in [-0.3, -0.25) is 10.1 Å². The molecule has 0 fully saturated rings. The van der Waals surface area contributed by atoms with Crippen molar-refractivity contribution in [3.63, 3.8) is 0 Å². The van der Waals surface area contributed by atoms with Gasteiger partial charge in [0.25, 0.3) is 0 Å². The predicted octanol–water partition coefficient (Wildman–Crippen LogP) is 4.42. The van der Waals surface area contributed by atoms with Crippen molar-refractivity contribution < 1.29 is 24.2 Å². The molecule has 9 heteroatoms. The Labute approximate surface area is 201 Å². The molecule has 0 saturated heterocycles. The van der Waals surface area contributed by atoms with E-state index in [0.717, 1.165) is 27.1 Å². The number of anilines is 1. The molecule has 3 aromatic rings. The van der Waals surface area contributed by atoms with E-state index in [4.69, 9.17) is 9.84 Å². The van der Waals surface area contributed by atoms with Crippen LogP contribution >= 0.6 is 11.3 Å². The highest BCUT2D eigenvalue weighted by molar-refractivity contribution is 7.15. The summed E-state index contributed by atoms with van der Waals surface area (Å²) in [4.78, 5) is 40.4. The zero-order valence-corrected chi connectivity index (χ0v) is 19.4. The minimum atomic E-state index is -1.05. The Morgan fingerprint density at radius 2 is 1.74 bits per heavy atom. The third-order valence-electron chi connectivity index (χ3n) is 5.75. The van der Waals surface area contributed by atoms with E-state index < -0.39 is 18.1 Å². The molecule has 1 unspecified atom stereocenters. The van der Waals surface area contributed by atoms with Crippen LogP contribution in [-0.4, -0.2) is 40.7 Å². The van der Waals surface area contributed by atoms with Crippen LogP contribution in [-0.2, 0) is 20.7 Å². The van der Waals surface area contributed by atoms with Gasteiger partial charge in [0.1, 0.15) is 12.6 Å². The summed E-state index contributed by atoms with van der Waals surface area (Å²) >= 11 is 1.25. The van der Waals surface area contributed by atoms with Crippen LogP contribution in [0.4, 0.5) is 9.93 Å². The van der Waals surface area contributed by atoms with E-state index in [-0.39, 0.29) is 24.9 Å². The number of aromatic nitrogens is 1. The Morgan fingerprint density at radius 3 is 2.35 bits per heavy atom. The number of benzene rings is 2. The topological polar surface area (TPSA) is 118 Å². The summed E-state index contributed by atoms with van der Waals surface area (Å²) in [5, 5.41) is 14.5. The van der Waals surface area contributed by atoms with E-state index in [1.165, 1.54) is 11.3 Å². The number of carbonyl (C=O) groups excluding carboxylic acids is 2. The summed E-state index contributed by atoms with van der Waals surface area (Å²) < 4.78 is 5.53. The summed E-state index contributed by atoms with van der Waals surface area (Å²) in [5.41, 5.74) is 4.60. The first kappa shape index (κ1) is 23.4. The number of nitrogens with zero attached hydrogens (tertiary/aromatic N) is 1. The number of fused-ring (bicyclic) bond motifs is 3. The smallest absolute Gasteiger partial charge is 0.413 e. The molecule has 0 radical (unpaired) electrons. The number of hydrogen-bond acceptors (Lipinski definition) is 6. The van der Waals surface area contributed by atoms with Gasteiger partial charge in [0, 0.05) is 23.4 Å². The molecule has 176 valence electrons. The number of amides is 2. The van der Waals surface area contributed by atoms with Crippen LogP contribution in [0.3, 0.4) is 0 Å². The van der Waals surface area contributed by atoms with Crippen molar-refractivity contribution in [1.82, 2.24) is 10.3 Å². The maximum atomic E-state index is 12.4. The highest BCUT2D eigenvalue weighted by Gasteiger charge is 2.29. The van der Waals surface area contributed by atoms with Gasteiger partial charge < -0.3 is 15.2 Å². The lowest BCUT2D eigenvalue weighted by Gasteiger charge is -2.14. The Morgan fingerprint density at radius 1 is 1.09 bits per heavy atom.